The molecule has 0 aliphatic carbocycles. The SMILES string of the molecule is CC(=NOCc1ccc(C(F)(F)F)cc1)c1ccc(OCc2nnnn2C(C)C)nc1. The highest BCUT2D eigenvalue weighted by molar-refractivity contribution is 5.98. The van der Waals surface area contributed by atoms with E-state index in [2.05, 4.69) is 25.7 Å². The van der Waals surface area contributed by atoms with Crippen molar-refractivity contribution in [2.75, 3.05) is 0 Å². The normalized spacial score (nSPS) is 12.3. The molecule has 0 aliphatic rings. The largest absolute Gasteiger partial charge is 0.469 e. The molecule has 0 aliphatic heterocycles. The van der Waals surface area contributed by atoms with Crippen molar-refractivity contribution in [2.24, 2.45) is 5.16 Å². The van der Waals surface area contributed by atoms with Crippen molar-refractivity contribution in [1.29, 1.82) is 0 Å². The van der Waals surface area contributed by atoms with Crippen molar-refractivity contribution in [1.82, 2.24) is 25.2 Å². The van der Waals surface area contributed by atoms with Crippen LogP contribution in [-0.4, -0.2) is 30.9 Å². The van der Waals surface area contributed by atoms with Crippen molar-refractivity contribution < 1.29 is 22.7 Å². The number of hydrogen-bond acceptors (Lipinski definition) is 7. The van der Waals surface area contributed by atoms with Crippen LogP contribution in [0, 0.1) is 0 Å². The second-order valence-electron chi connectivity index (χ2n) is 6.95. The van der Waals surface area contributed by atoms with Gasteiger partial charge in [0.25, 0.3) is 0 Å². The van der Waals surface area contributed by atoms with Crippen LogP contribution in [0.15, 0.2) is 47.8 Å². The van der Waals surface area contributed by atoms with Gasteiger partial charge in [-0.25, -0.2) is 9.67 Å². The van der Waals surface area contributed by atoms with Crippen molar-refractivity contribution in [2.45, 2.75) is 46.2 Å². The molecule has 0 saturated carbocycles. The summed E-state index contributed by atoms with van der Waals surface area (Å²) in [6.07, 6.45) is -2.78. The van der Waals surface area contributed by atoms with Crippen LogP contribution in [0.1, 0.15) is 49.3 Å². The molecule has 0 fully saturated rings. The second kappa shape index (κ2) is 9.54. The molecule has 2 heterocycles. The number of ether oxygens (including phenoxy) is 1. The number of alkyl halides is 3. The van der Waals surface area contributed by atoms with E-state index in [0.717, 1.165) is 12.1 Å². The van der Waals surface area contributed by atoms with E-state index >= 15 is 0 Å². The molecule has 0 spiro atoms. The zero-order valence-corrected chi connectivity index (χ0v) is 17.2. The van der Waals surface area contributed by atoms with E-state index in [4.69, 9.17) is 9.57 Å². The zero-order valence-electron chi connectivity index (χ0n) is 17.2. The van der Waals surface area contributed by atoms with Gasteiger partial charge in [0.2, 0.25) is 5.88 Å². The minimum absolute atomic E-state index is 0.0503. The highest BCUT2D eigenvalue weighted by Gasteiger charge is 2.29. The third-order valence-corrected chi connectivity index (χ3v) is 4.27. The summed E-state index contributed by atoms with van der Waals surface area (Å²) in [4.78, 5) is 9.48. The first-order chi connectivity index (χ1) is 14.7. The molecule has 0 amide bonds. The molecule has 31 heavy (non-hydrogen) atoms. The Hall–Kier alpha value is -3.50. The van der Waals surface area contributed by atoms with Crippen molar-refractivity contribution in [3.8, 4) is 5.88 Å². The third kappa shape index (κ3) is 6.00. The van der Waals surface area contributed by atoms with E-state index < -0.39 is 11.7 Å². The molecular weight excluding hydrogens is 413 g/mol. The van der Waals surface area contributed by atoms with E-state index in [-0.39, 0.29) is 19.3 Å². The van der Waals surface area contributed by atoms with Crippen molar-refractivity contribution in [3.05, 3.63) is 65.1 Å². The average Bonchev–Trinajstić information content (AvgIpc) is 3.21. The fourth-order valence-electron chi connectivity index (χ4n) is 2.57. The Morgan fingerprint density at radius 1 is 1.10 bits per heavy atom. The third-order valence-electron chi connectivity index (χ3n) is 4.27. The van der Waals surface area contributed by atoms with Gasteiger partial charge in [-0.15, -0.1) is 5.10 Å². The van der Waals surface area contributed by atoms with Gasteiger partial charge >= 0.3 is 6.18 Å². The number of halogens is 3. The van der Waals surface area contributed by atoms with E-state index in [0.29, 0.717) is 28.5 Å². The number of pyridine rings is 1. The Labute approximate surface area is 176 Å². The summed E-state index contributed by atoms with van der Waals surface area (Å²) in [6, 6.07) is 8.32. The summed E-state index contributed by atoms with van der Waals surface area (Å²) in [5, 5.41) is 15.5. The van der Waals surface area contributed by atoms with E-state index in [1.807, 2.05) is 13.8 Å². The minimum atomic E-state index is -4.36. The summed E-state index contributed by atoms with van der Waals surface area (Å²) in [5.74, 6) is 0.996. The van der Waals surface area contributed by atoms with Crippen molar-refractivity contribution >= 4 is 5.71 Å². The number of aromatic nitrogens is 5. The topological polar surface area (TPSA) is 87.3 Å². The lowest BCUT2D eigenvalue weighted by Crippen LogP contribution is -2.11. The standard InChI is InChI=1S/C20H21F3N6O2/c1-13(2)29-18(25-27-28-29)12-30-19-9-6-16(10-24-19)14(3)26-31-11-15-4-7-17(8-5-15)20(21,22)23/h4-10,13H,11-12H2,1-3H3. The maximum atomic E-state index is 12.6. The second-order valence-corrected chi connectivity index (χ2v) is 6.95. The van der Waals surface area contributed by atoms with Crippen LogP contribution in [0.5, 0.6) is 5.88 Å². The Bertz CT molecular complexity index is 1010. The van der Waals surface area contributed by atoms with Crippen LogP contribution in [0.3, 0.4) is 0 Å². The molecular formula is C20H21F3N6O2. The first kappa shape index (κ1) is 22.2. The first-order valence-corrected chi connectivity index (χ1v) is 9.42. The molecule has 11 heteroatoms. The molecule has 1 aromatic carbocycles. The fraction of sp³-hybridized carbons (Fsp3) is 0.350. The van der Waals surface area contributed by atoms with Crippen LogP contribution >= 0.6 is 0 Å². The average molecular weight is 434 g/mol. The molecule has 164 valence electrons. The van der Waals surface area contributed by atoms with Crippen LogP contribution in [0.2, 0.25) is 0 Å². The number of oxime groups is 1. The number of hydrogen-bond donors (Lipinski definition) is 0. The molecule has 0 bridgehead atoms. The lowest BCUT2D eigenvalue weighted by atomic mass is 10.1. The van der Waals surface area contributed by atoms with Crippen molar-refractivity contribution in [3.63, 3.8) is 0 Å². The van der Waals surface area contributed by atoms with Gasteiger partial charge in [-0.2, -0.15) is 13.2 Å². The van der Waals surface area contributed by atoms with E-state index in [1.165, 1.54) is 12.1 Å². The van der Waals surface area contributed by atoms with Gasteiger partial charge in [0.15, 0.2) is 12.4 Å². The smallest absolute Gasteiger partial charge is 0.416 e. The maximum absolute atomic E-state index is 12.6. The summed E-state index contributed by atoms with van der Waals surface area (Å²) < 4.78 is 45.0. The first-order valence-electron chi connectivity index (χ1n) is 9.42. The molecule has 0 saturated heterocycles. The molecule has 0 N–H and O–H groups in total. The molecule has 8 nitrogen and oxygen atoms in total. The molecule has 0 unspecified atom stereocenters. The predicted molar refractivity (Wildman–Crippen MR) is 105 cm³/mol. The Morgan fingerprint density at radius 3 is 2.45 bits per heavy atom. The molecule has 3 aromatic rings. The zero-order chi connectivity index (χ0) is 22.4. The number of nitrogens with zero attached hydrogens (tertiary/aromatic N) is 6. The number of benzene rings is 1. The maximum Gasteiger partial charge on any atom is 0.416 e. The summed E-state index contributed by atoms with van der Waals surface area (Å²) in [7, 11) is 0. The monoisotopic (exact) mass is 434 g/mol. The molecule has 0 radical (unpaired) electrons. The Balaban J connectivity index is 1.53. The van der Waals surface area contributed by atoms with Gasteiger partial charge in [0.05, 0.1) is 17.3 Å². The van der Waals surface area contributed by atoms with E-state index in [9.17, 15) is 13.2 Å². The summed E-state index contributed by atoms with van der Waals surface area (Å²) in [6.45, 7) is 5.90. The van der Waals surface area contributed by atoms with E-state index in [1.54, 1.807) is 29.9 Å². The van der Waals surface area contributed by atoms with Gasteiger partial charge in [0, 0.05) is 17.8 Å². The highest BCUT2D eigenvalue weighted by Crippen LogP contribution is 2.29. The summed E-state index contributed by atoms with van der Waals surface area (Å²) in [5.41, 5.74) is 1.15. The van der Waals surface area contributed by atoms with Crippen LogP contribution < -0.4 is 4.74 Å². The summed E-state index contributed by atoms with van der Waals surface area (Å²) >= 11 is 0. The van der Waals surface area contributed by atoms with Gasteiger partial charge in [-0.1, -0.05) is 17.3 Å². The number of rotatable bonds is 8. The fourth-order valence-corrected chi connectivity index (χ4v) is 2.57. The van der Waals surface area contributed by atoms with Gasteiger partial charge in [0.1, 0.15) is 6.61 Å². The Kier molecular flexibility index (Phi) is 6.83. The van der Waals surface area contributed by atoms with Crippen LogP contribution in [0.4, 0.5) is 13.2 Å². The lowest BCUT2D eigenvalue weighted by molar-refractivity contribution is -0.137. The number of tetrazole rings is 1. The predicted octanol–water partition coefficient (Wildman–Crippen LogP) is 4.19. The van der Waals surface area contributed by atoms with Gasteiger partial charge < -0.3 is 9.57 Å². The quantitative estimate of drug-likeness (QED) is 0.390. The van der Waals surface area contributed by atoms with Gasteiger partial charge in [-0.05, 0) is 55.0 Å². The Morgan fingerprint density at radius 2 is 1.84 bits per heavy atom. The minimum Gasteiger partial charge on any atom is -0.469 e. The highest BCUT2D eigenvalue weighted by atomic mass is 19.4. The van der Waals surface area contributed by atoms with Crippen LogP contribution in [-0.2, 0) is 24.2 Å². The van der Waals surface area contributed by atoms with Gasteiger partial charge in [-0.3, -0.25) is 0 Å². The lowest BCUT2D eigenvalue weighted by Gasteiger charge is -2.09. The molecule has 0 atom stereocenters. The van der Waals surface area contributed by atoms with Crippen LogP contribution in [0.25, 0.3) is 0 Å². The molecule has 2 aromatic heterocycles. The molecule has 3 rings (SSSR count).